The smallest absolute Gasteiger partial charge is 0.286 e. The van der Waals surface area contributed by atoms with Gasteiger partial charge in [-0.25, -0.2) is 0 Å². The minimum Gasteiger partial charge on any atom is -0.489 e. The van der Waals surface area contributed by atoms with Gasteiger partial charge in [0.25, 0.3) is 5.69 Å². The summed E-state index contributed by atoms with van der Waals surface area (Å²) in [4.78, 5) is 10.4. The molecule has 0 aliphatic heterocycles. The number of hydrogen-bond acceptors (Lipinski definition) is 5. The number of nitrogens with two attached hydrogens (primary N) is 1. The molecule has 0 saturated carbocycles. The fourth-order valence-corrected chi connectivity index (χ4v) is 3.68. The van der Waals surface area contributed by atoms with Gasteiger partial charge in [-0.2, -0.15) is 0 Å². The number of halogens is 3. The van der Waals surface area contributed by atoms with Crippen molar-refractivity contribution in [3.8, 4) is 11.5 Å². The predicted molar refractivity (Wildman–Crippen MR) is 158 cm³/mol. The van der Waals surface area contributed by atoms with Crippen LogP contribution in [0.5, 0.6) is 11.5 Å². The highest BCUT2D eigenvalue weighted by atomic mass is 127. The van der Waals surface area contributed by atoms with E-state index in [1.807, 2.05) is 101 Å². The van der Waals surface area contributed by atoms with Crippen molar-refractivity contribution in [2.45, 2.75) is 13.2 Å². The predicted octanol–water partition coefficient (Wildman–Crippen LogP) is 7.65. The summed E-state index contributed by atoms with van der Waals surface area (Å²) in [6.07, 6.45) is 0. The fourth-order valence-electron chi connectivity index (χ4n) is 2.82. The van der Waals surface area contributed by atoms with Crippen molar-refractivity contribution in [2.75, 3.05) is 5.73 Å². The standard InChI is InChI=1S/C13H10INO3.C13H12INO.ClH/c14-12-7-6-11(8-13(12)15(16)17)18-9-10-4-2-1-3-5-10;14-12-7-6-11(8-13(12)15)16-9-10-4-2-1-3-5-10;/h1-8H,9H2;1-8H,9,15H2;1H. The molecule has 0 amide bonds. The number of rotatable bonds is 7. The molecular weight excluding hydrogens is 694 g/mol. The monoisotopic (exact) mass is 716 g/mol. The third kappa shape index (κ3) is 9.54. The minimum atomic E-state index is -0.406. The van der Waals surface area contributed by atoms with Crippen LogP contribution < -0.4 is 15.2 Å². The van der Waals surface area contributed by atoms with E-state index in [4.69, 9.17) is 15.2 Å². The Labute approximate surface area is 237 Å². The first-order valence-electron chi connectivity index (χ1n) is 10.2. The molecule has 9 heteroatoms. The van der Waals surface area contributed by atoms with Crippen molar-refractivity contribution in [2.24, 2.45) is 0 Å². The molecule has 4 rings (SSSR count). The Kier molecular flexibility index (Phi) is 12.1. The Bertz CT molecular complexity index is 1230. The molecule has 0 saturated heterocycles. The number of nitrogen functional groups attached to an aromatic ring is 1. The quantitative estimate of drug-likeness (QED) is 0.0920. The van der Waals surface area contributed by atoms with Crippen LogP contribution in [-0.2, 0) is 13.2 Å². The molecule has 0 unspecified atom stereocenters. The number of nitrogens with zero attached hydrogens (tertiary/aromatic N) is 1. The summed E-state index contributed by atoms with van der Waals surface area (Å²) in [7, 11) is 0. The SMILES string of the molecule is Cl.Nc1cc(OCc2ccccc2)ccc1I.O=[N+]([O-])c1cc(OCc2ccccc2)ccc1I. The lowest BCUT2D eigenvalue weighted by atomic mass is 10.2. The van der Waals surface area contributed by atoms with E-state index in [-0.39, 0.29) is 18.1 Å². The van der Waals surface area contributed by atoms with E-state index >= 15 is 0 Å². The van der Waals surface area contributed by atoms with Crippen LogP contribution in [0.4, 0.5) is 11.4 Å². The van der Waals surface area contributed by atoms with Gasteiger partial charge in [-0.15, -0.1) is 12.4 Å². The lowest BCUT2D eigenvalue weighted by Crippen LogP contribution is -1.97. The Balaban J connectivity index is 0.000000241. The van der Waals surface area contributed by atoms with Crippen LogP contribution in [-0.4, -0.2) is 4.92 Å². The Morgan fingerprint density at radius 3 is 1.63 bits per heavy atom. The molecule has 182 valence electrons. The van der Waals surface area contributed by atoms with E-state index in [0.717, 1.165) is 26.1 Å². The minimum absolute atomic E-state index is 0. The number of benzene rings is 4. The maximum absolute atomic E-state index is 10.8. The van der Waals surface area contributed by atoms with Crippen LogP contribution in [0.3, 0.4) is 0 Å². The van der Waals surface area contributed by atoms with E-state index in [9.17, 15) is 10.1 Å². The number of anilines is 1. The van der Waals surface area contributed by atoms with Gasteiger partial charge in [0.15, 0.2) is 0 Å². The highest BCUT2D eigenvalue weighted by molar-refractivity contribution is 14.1. The first-order valence-corrected chi connectivity index (χ1v) is 12.4. The lowest BCUT2D eigenvalue weighted by molar-refractivity contribution is -0.385. The number of hydrogen-bond donors (Lipinski definition) is 1. The largest absolute Gasteiger partial charge is 0.489 e. The van der Waals surface area contributed by atoms with Gasteiger partial charge in [0.05, 0.1) is 14.6 Å². The molecule has 4 aromatic rings. The zero-order chi connectivity index (χ0) is 24.3. The number of nitro benzene ring substituents is 1. The normalized spacial score (nSPS) is 9.77. The van der Waals surface area contributed by atoms with E-state index in [2.05, 4.69) is 22.6 Å². The van der Waals surface area contributed by atoms with Gasteiger partial charge in [0.2, 0.25) is 0 Å². The van der Waals surface area contributed by atoms with Gasteiger partial charge in [-0.05, 0) is 80.6 Å². The molecule has 0 bridgehead atoms. The van der Waals surface area contributed by atoms with Crippen molar-refractivity contribution >= 4 is 69.0 Å². The van der Waals surface area contributed by atoms with Gasteiger partial charge in [0, 0.05) is 15.3 Å². The van der Waals surface area contributed by atoms with Crippen LogP contribution >= 0.6 is 57.6 Å². The molecular formula is C26H23ClI2N2O4. The van der Waals surface area contributed by atoms with E-state index in [0.29, 0.717) is 22.5 Å². The molecule has 0 radical (unpaired) electrons. The zero-order valence-corrected chi connectivity index (χ0v) is 23.6. The zero-order valence-electron chi connectivity index (χ0n) is 18.5. The van der Waals surface area contributed by atoms with E-state index in [1.54, 1.807) is 12.1 Å². The highest BCUT2D eigenvalue weighted by Gasteiger charge is 2.12. The Morgan fingerprint density at radius 1 is 0.714 bits per heavy atom. The highest BCUT2D eigenvalue weighted by Crippen LogP contribution is 2.26. The molecule has 0 atom stereocenters. The molecule has 6 nitrogen and oxygen atoms in total. The Hall–Kier alpha value is -2.57. The third-order valence-corrected chi connectivity index (χ3v) is 6.47. The average molecular weight is 717 g/mol. The molecule has 4 aromatic carbocycles. The van der Waals surface area contributed by atoms with E-state index < -0.39 is 4.92 Å². The van der Waals surface area contributed by atoms with Crippen molar-refractivity contribution in [1.82, 2.24) is 0 Å². The average Bonchev–Trinajstić information content (AvgIpc) is 2.86. The summed E-state index contributed by atoms with van der Waals surface area (Å²) in [5, 5.41) is 10.8. The van der Waals surface area contributed by atoms with Crippen LogP contribution in [0.1, 0.15) is 11.1 Å². The molecule has 0 aliphatic rings. The first kappa shape index (κ1) is 28.7. The third-order valence-electron chi connectivity index (χ3n) is 4.58. The van der Waals surface area contributed by atoms with Crippen molar-refractivity contribution in [3.63, 3.8) is 0 Å². The first-order chi connectivity index (χ1) is 16.4. The lowest BCUT2D eigenvalue weighted by Gasteiger charge is -2.07. The second-order valence-electron chi connectivity index (χ2n) is 7.10. The van der Waals surface area contributed by atoms with Crippen LogP contribution in [0, 0.1) is 17.3 Å². The molecule has 35 heavy (non-hydrogen) atoms. The second kappa shape index (κ2) is 14.7. The van der Waals surface area contributed by atoms with Gasteiger partial charge < -0.3 is 15.2 Å². The van der Waals surface area contributed by atoms with Crippen molar-refractivity contribution < 1.29 is 14.4 Å². The van der Waals surface area contributed by atoms with Crippen molar-refractivity contribution in [1.29, 1.82) is 0 Å². The number of nitro groups is 1. The molecule has 2 N–H and O–H groups in total. The van der Waals surface area contributed by atoms with Gasteiger partial charge in [0.1, 0.15) is 24.7 Å². The maximum Gasteiger partial charge on any atom is 0.286 e. The van der Waals surface area contributed by atoms with E-state index in [1.165, 1.54) is 6.07 Å². The molecule has 0 fully saturated rings. The summed E-state index contributed by atoms with van der Waals surface area (Å²) in [6.45, 7) is 0.972. The van der Waals surface area contributed by atoms with Crippen LogP contribution in [0.25, 0.3) is 0 Å². The van der Waals surface area contributed by atoms with Crippen molar-refractivity contribution in [3.05, 3.63) is 125 Å². The Morgan fingerprint density at radius 2 is 1.17 bits per heavy atom. The molecule has 0 heterocycles. The molecule has 0 aliphatic carbocycles. The van der Waals surface area contributed by atoms with Gasteiger partial charge in [-0.1, -0.05) is 60.7 Å². The summed E-state index contributed by atoms with van der Waals surface area (Å²) in [5.74, 6) is 1.31. The second-order valence-corrected chi connectivity index (χ2v) is 9.43. The summed E-state index contributed by atoms with van der Waals surface area (Å²) >= 11 is 4.14. The van der Waals surface area contributed by atoms with Crippen LogP contribution in [0.2, 0.25) is 0 Å². The van der Waals surface area contributed by atoms with Crippen LogP contribution in [0.15, 0.2) is 97.1 Å². The van der Waals surface area contributed by atoms with Gasteiger partial charge in [-0.3, -0.25) is 10.1 Å². The molecule has 0 aromatic heterocycles. The maximum atomic E-state index is 10.8. The number of ether oxygens (including phenoxy) is 2. The summed E-state index contributed by atoms with van der Waals surface area (Å²) in [5.41, 5.74) is 8.81. The van der Waals surface area contributed by atoms with Gasteiger partial charge >= 0.3 is 0 Å². The fraction of sp³-hybridized carbons (Fsp3) is 0.0769. The summed E-state index contributed by atoms with van der Waals surface area (Å²) < 4.78 is 12.8. The summed E-state index contributed by atoms with van der Waals surface area (Å²) in [6, 6.07) is 30.3. The topological polar surface area (TPSA) is 87.6 Å². The molecule has 0 spiro atoms.